The first kappa shape index (κ1) is 25.8. The van der Waals surface area contributed by atoms with Gasteiger partial charge in [-0.1, -0.05) is 32.0 Å². The molecule has 2 aliphatic carbocycles. The molecule has 0 saturated heterocycles. The summed E-state index contributed by atoms with van der Waals surface area (Å²) in [6.45, 7) is 4.18. The van der Waals surface area contributed by atoms with Gasteiger partial charge in [-0.15, -0.1) is 0 Å². The molecule has 7 heteroatoms. The minimum absolute atomic E-state index is 0.0743. The molecule has 0 spiro atoms. The van der Waals surface area contributed by atoms with Gasteiger partial charge in [0.25, 0.3) is 0 Å². The van der Waals surface area contributed by atoms with Gasteiger partial charge in [-0.25, -0.2) is 0 Å². The zero-order chi connectivity index (χ0) is 25.2. The highest BCUT2D eigenvalue weighted by Crippen LogP contribution is 2.43. The molecule has 0 radical (unpaired) electrons. The van der Waals surface area contributed by atoms with Crippen LogP contribution in [0.3, 0.4) is 0 Å². The lowest BCUT2D eigenvalue weighted by Gasteiger charge is -2.31. The summed E-state index contributed by atoms with van der Waals surface area (Å²) in [5, 5.41) is 13.5. The maximum Gasteiger partial charge on any atom is 0.420 e. The zero-order valence-corrected chi connectivity index (χ0v) is 20.5. The highest BCUT2D eigenvalue weighted by atomic mass is 19.4. The van der Waals surface area contributed by atoms with Gasteiger partial charge in [0.15, 0.2) is 0 Å². The number of alkyl halides is 3. The number of carboxylic acid groups (broad SMARTS) is 1. The Morgan fingerprint density at radius 1 is 1.06 bits per heavy atom. The van der Waals surface area contributed by atoms with E-state index in [1.807, 2.05) is 13.0 Å². The third kappa shape index (κ3) is 6.11. The number of carbonyl (C=O) groups is 1. The zero-order valence-electron chi connectivity index (χ0n) is 20.5. The molecule has 2 aromatic rings. The van der Waals surface area contributed by atoms with Crippen LogP contribution in [0.25, 0.3) is 10.8 Å². The maximum atomic E-state index is 14.3. The monoisotopic (exact) mass is 491 g/mol. The number of rotatable bonds is 7. The SMILES string of the molecule is CCC(N[C@H]1CC[C@@H](C(=O)O)CC1)c1ccc2ccc(O[C@H]3CC[C@@H](C)CC3)c(C(F)(F)F)c2c1. The van der Waals surface area contributed by atoms with E-state index in [9.17, 15) is 23.1 Å². The first-order valence-electron chi connectivity index (χ1n) is 12.9. The van der Waals surface area contributed by atoms with Crippen molar-refractivity contribution in [2.24, 2.45) is 11.8 Å². The average molecular weight is 492 g/mol. The van der Waals surface area contributed by atoms with Crippen molar-refractivity contribution < 1.29 is 27.8 Å². The Kier molecular flexibility index (Phi) is 7.94. The number of halogens is 3. The summed E-state index contributed by atoms with van der Waals surface area (Å²) in [7, 11) is 0. The number of hydrogen-bond donors (Lipinski definition) is 2. The third-order valence-corrected chi connectivity index (χ3v) is 7.87. The standard InChI is InChI=1S/C28H36F3NO3/c1-3-24(32-21-11-8-19(9-12-21)27(33)34)20-7-6-18-10-15-25(26(23(18)16-20)28(29,30)31)35-22-13-4-17(2)5-14-22/h6-7,10,15-17,19,21-22,24,32H,3-5,8-9,11-14H2,1-2H3,(H,33,34)/t17-,19-,21+,22+,24?. The van der Waals surface area contributed by atoms with Crippen LogP contribution in [-0.2, 0) is 11.0 Å². The van der Waals surface area contributed by atoms with E-state index >= 15 is 0 Å². The van der Waals surface area contributed by atoms with Crippen LogP contribution in [-0.4, -0.2) is 23.2 Å². The van der Waals surface area contributed by atoms with E-state index < -0.39 is 17.7 Å². The molecule has 192 valence electrons. The van der Waals surface area contributed by atoms with Gasteiger partial charge in [0.2, 0.25) is 0 Å². The quantitative estimate of drug-likeness (QED) is 0.421. The van der Waals surface area contributed by atoms with Gasteiger partial charge >= 0.3 is 12.1 Å². The topological polar surface area (TPSA) is 58.6 Å². The predicted octanol–water partition coefficient (Wildman–Crippen LogP) is 7.50. The molecule has 0 amide bonds. The molecule has 1 unspecified atom stereocenters. The van der Waals surface area contributed by atoms with E-state index in [4.69, 9.17) is 4.74 Å². The van der Waals surface area contributed by atoms with Crippen molar-refractivity contribution in [3.05, 3.63) is 41.5 Å². The molecule has 0 heterocycles. The van der Waals surface area contributed by atoms with Crippen LogP contribution >= 0.6 is 0 Å². The lowest BCUT2D eigenvalue weighted by Crippen LogP contribution is -2.37. The molecule has 0 bridgehead atoms. The molecule has 2 fully saturated rings. The Labute approximate surface area is 205 Å². The molecule has 2 N–H and O–H groups in total. The van der Waals surface area contributed by atoms with Crippen LogP contribution in [0.1, 0.15) is 88.8 Å². The van der Waals surface area contributed by atoms with Crippen molar-refractivity contribution in [3.8, 4) is 5.75 Å². The fraction of sp³-hybridized carbons (Fsp3) is 0.607. The smallest absolute Gasteiger partial charge is 0.420 e. The second kappa shape index (κ2) is 10.8. The summed E-state index contributed by atoms with van der Waals surface area (Å²) in [4.78, 5) is 11.2. The fourth-order valence-electron chi connectivity index (χ4n) is 5.69. The molecule has 4 rings (SSSR count). The molecule has 35 heavy (non-hydrogen) atoms. The predicted molar refractivity (Wildman–Crippen MR) is 131 cm³/mol. The number of aliphatic carboxylic acids is 1. The van der Waals surface area contributed by atoms with Gasteiger partial charge in [-0.3, -0.25) is 4.79 Å². The Balaban J connectivity index is 1.60. The lowest BCUT2D eigenvalue weighted by molar-refractivity contribution is -0.143. The van der Waals surface area contributed by atoms with Crippen molar-refractivity contribution in [3.63, 3.8) is 0 Å². The van der Waals surface area contributed by atoms with Gasteiger partial charge in [0, 0.05) is 12.1 Å². The minimum Gasteiger partial charge on any atom is -0.490 e. The van der Waals surface area contributed by atoms with Crippen LogP contribution < -0.4 is 10.1 Å². The number of benzene rings is 2. The van der Waals surface area contributed by atoms with Gasteiger partial charge in [-0.05, 0) is 92.2 Å². The number of carboxylic acids is 1. The first-order chi connectivity index (χ1) is 16.7. The number of hydrogen-bond acceptors (Lipinski definition) is 3. The number of ether oxygens (including phenoxy) is 1. The Bertz CT molecular complexity index is 1020. The van der Waals surface area contributed by atoms with E-state index in [-0.39, 0.29) is 35.2 Å². The van der Waals surface area contributed by atoms with Crippen molar-refractivity contribution in [2.75, 3.05) is 0 Å². The van der Waals surface area contributed by atoms with Crippen molar-refractivity contribution >= 4 is 16.7 Å². The van der Waals surface area contributed by atoms with E-state index in [0.29, 0.717) is 24.1 Å². The highest BCUT2D eigenvalue weighted by Gasteiger charge is 2.37. The van der Waals surface area contributed by atoms with Crippen molar-refractivity contribution in [2.45, 2.75) is 96.0 Å². The summed E-state index contributed by atoms with van der Waals surface area (Å²) in [6, 6.07) is 8.58. The second-order valence-corrected chi connectivity index (χ2v) is 10.4. The summed E-state index contributed by atoms with van der Waals surface area (Å²) in [6.07, 6.45) is 2.29. The Hall–Kier alpha value is -2.28. The normalized spacial score (nSPS) is 26.4. The second-order valence-electron chi connectivity index (χ2n) is 10.4. The van der Waals surface area contributed by atoms with E-state index in [1.54, 1.807) is 18.2 Å². The molecule has 0 aromatic heterocycles. The summed E-state index contributed by atoms with van der Waals surface area (Å²) >= 11 is 0. The van der Waals surface area contributed by atoms with Crippen LogP contribution in [0.5, 0.6) is 5.75 Å². The summed E-state index contributed by atoms with van der Waals surface area (Å²) in [5.41, 5.74) is 0.127. The van der Waals surface area contributed by atoms with Crippen LogP contribution in [0.15, 0.2) is 30.3 Å². The summed E-state index contributed by atoms with van der Waals surface area (Å²) in [5.74, 6) is -0.525. The fourth-order valence-corrected chi connectivity index (χ4v) is 5.69. The van der Waals surface area contributed by atoms with Crippen LogP contribution in [0.4, 0.5) is 13.2 Å². The van der Waals surface area contributed by atoms with Crippen LogP contribution in [0.2, 0.25) is 0 Å². The van der Waals surface area contributed by atoms with Crippen LogP contribution in [0, 0.1) is 11.8 Å². The van der Waals surface area contributed by atoms with E-state index in [1.165, 1.54) is 6.07 Å². The largest absolute Gasteiger partial charge is 0.490 e. The average Bonchev–Trinajstić information content (AvgIpc) is 2.83. The molecular formula is C28H36F3NO3. The van der Waals surface area contributed by atoms with Gasteiger partial charge in [0.05, 0.1) is 12.0 Å². The molecule has 1 atom stereocenters. The van der Waals surface area contributed by atoms with Gasteiger partial charge < -0.3 is 15.2 Å². The van der Waals surface area contributed by atoms with E-state index in [0.717, 1.165) is 50.5 Å². The summed E-state index contributed by atoms with van der Waals surface area (Å²) < 4.78 is 49.0. The maximum absolute atomic E-state index is 14.3. The third-order valence-electron chi connectivity index (χ3n) is 7.87. The lowest BCUT2D eigenvalue weighted by atomic mass is 9.85. The highest BCUT2D eigenvalue weighted by molar-refractivity contribution is 5.89. The van der Waals surface area contributed by atoms with Crippen molar-refractivity contribution in [1.29, 1.82) is 0 Å². The van der Waals surface area contributed by atoms with E-state index in [2.05, 4.69) is 12.2 Å². The molecule has 2 saturated carbocycles. The minimum atomic E-state index is -4.53. The molecule has 2 aromatic carbocycles. The Morgan fingerprint density at radius 2 is 1.71 bits per heavy atom. The molecule has 0 aliphatic heterocycles. The van der Waals surface area contributed by atoms with Crippen molar-refractivity contribution in [1.82, 2.24) is 5.32 Å². The Morgan fingerprint density at radius 3 is 2.31 bits per heavy atom. The molecule has 4 nitrogen and oxygen atoms in total. The molecular weight excluding hydrogens is 455 g/mol. The van der Waals surface area contributed by atoms with Gasteiger partial charge in [-0.2, -0.15) is 13.2 Å². The molecule has 2 aliphatic rings. The first-order valence-corrected chi connectivity index (χ1v) is 12.9. The van der Waals surface area contributed by atoms with Gasteiger partial charge in [0.1, 0.15) is 11.3 Å². The number of nitrogens with one attached hydrogen (secondary N) is 1. The number of fused-ring (bicyclic) bond motifs is 1.